The lowest BCUT2D eigenvalue weighted by atomic mass is 10.0. The van der Waals surface area contributed by atoms with E-state index in [1.165, 1.54) is 0 Å². The number of fused-ring (bicyclic) bond motifs is 1. The van der Waals surface area contributed by atoms with Crippen molar-refractivity contribution in [2.45, 2.75) is 29.6 Å². The monoisotopic (exact) mass is 406 g/mol. The first-order valence-corrected chi connectivity index (χ1v) is 9.20. The first-order valence-electron chi connectivity index (χ1n) is 8.26. The molecular weight excluding hydrogens is 388 g/mol. The standard InChI is InChI=1S/C17H18N4O6S/c1-7-12(27-17(19)26)11(16(24)25)21-14(23)10(15(21)28-7)20-13(22)9(18)8-5-3-2-4-6-8/h2-7,9-10,15H,18H2,1H3,(H2,19,26)(H,20,22)(H,24,25)/t7?,9-,10?,15-/m1/s1. The molecule has 0 aromatic heterocycles. The zero-order valence-electron chi connectivity index (χ0n) is 14.7. The Labute approximate surface area is 163 Å². The van der Waals surface area contributed by atoms with Gasteiger partial charge in [0, 0.05) is 0 Å². The first-order chi connectivity index (χ1) is 13.2. The topological polar surface area (TPSA) is 165 Å². The Morgan fingerprint density at radius 3 is 2.50 bits per heavy atom. The highest BCUT2D eigenvalue weighted by Gasteiger charge is 2.56. The Hall–Kier alpha value is -3.05. The number of carbonyl (C=O) groups is 4. The molecule has 2 unspecified atom stereocenters. The maximum atomic E-state index is 12.5. The van der Waals surface area contributed by atoms with Crippen molar-refractivity contribution in [2.75, 3.05) is 0 Å². The molecule has 0 spiro atoms. The fourth-order valence-corrected chi connectivity index (χ4v) is 4.43. The number of carboxylic acids is 1. The molecule has 10 nitrogen and oxygen atoms in total. The van der Waals surface area contributed by atoms with Crippen molar-refractivity contribution in [3.05, 3.63) is 47.4 Å². The lowest BCUT2D eigenvalue weighted by molar-refractivity contribution is -0.151. The second-order valence-electron chi connectivity index (χ2n) is 6.19. The van der Waals surface area contributed by atoms with Gasteiger partial charge >= 0.3 is 12.1 Å². The largest absolute Gasteiger partial charge is 0.476 e. The van der Waals surface area contributed by atoms with Crippen LogP contribution in [-0.2, 0) is 19.1 Å². The third-order valence-electron chi connectivity index (χ3n) is 4.38. The molecule has 28 heavy (non-hydrogen) atoms. The molecule has 1 saturated heterocycles. The van der Waals surface area contributed by atoms with Gasteiger partial charge in [0.25, 0.3) is 5.91 Å². The smallest absolute Gasteiger partial charge is 0.409 e. The second-order valence-corrected chi connectivity index (χ2v) is 7.65. The first kappa shape index (κ1) is 19.7. The fraction of sp³-hybridized carbons (Fsp3) is 0.294. The molecule has 1 aromatic rings. The van der Waals surface area contributed by atoms with E-state index >= 15 is 0 Å². The number of thioether (sulfide) groups is 1. The van der Waals surface area contributed by atoms with Gasteiger partial charge in [-0.1, -0.05) is 30.3 Å². The zero-order chi connectivity index (χ0) is 20.6. The minimum atomic E-state index is -1.44. The number of primary amides is 1. The van der Waals surface area contributed by atoms with Gasteiger partial charge in [0.15, 0.2) is 11.5 Å². The number of nitrogens with zero attached hydrogens (tertiary/aromatic N) is 1. The summed E-state index contributed by atoms with van der Waals surface area (Å²) >= 11 is 1.16. The van der Waals surface area contributed by atoms with Gasteiger partial charge in [-0.2, -0.15) is 0 Å². The number of hydrogen-bond acceptors (Lipinski definition) is 7. The number of amides is 3. The Bertz CT molecular complexity index is 874. The highest BCUT2D eigenvalue weighted by atomic mass is 32.2. The number of carbonyl (C=O) groups excluding carboxylic acids is 3. The van der Waals surface area contributed by atoms with Crippen LogP contribution in [0.2, 0.25) is 0 Å². The molecule has 2 aliphatic heterocycles. The highest BCUT2D eigenvalue weighted by molar-refractivity contribution is 8.00. The van der Waals surface area contributed by atoms with Gasteiger partial charge in [0.1, 0.15) is 17.5 Å². The van der Waals surface area contributed by atoms with Gasteiger partial charge in [-0.3, -0.25) is 14.5 Å². The molecule has 1 fully saturated rings. The predicted molar refractivity (Wildman–Crippen MR) is 98.3 cm³/mol. The molecule has 148 valence electrons. The van der Waals surface area contributed by atoms with Gasteiger partial charge in [0.2, 0.25) is 5.91 Å². The van der Waals surface area contributed by atoms with E-state index in [2.05, 4.69) is 5.32 Å². The summed E-state index contributed by atoms with van der Waals surface area (Å²) in [5, 5.41) is 10.8. The number of rotatable bonds is 5. The van der Waals surface area contributed by atoms with Crippen LogP contribution in [0.25, 0.3) is 0 Å². The SMILES string of the molecule is CC1S[C@@H]2C(NC(=O)[C@H](N)c3ccccc3)C(=O)N2C(C(=O)O)=C1OC(N)=O. The molecule has 1 aromatic carbocycles. The number of nitrogens with one attached hydrogen (secondary N) is 1. The predicted octanol–water partition coefficient (Wildman–Crippen LogP) is -0.134. The van der Waals surface area contributed by atoms with Crippen LogP contribution in [0.15, 0.2) is 41.8 Å². The van der Waals surface area contributed by atoms with Crippen LogP contribution in [0.4, 0.5) is 4.79 Å². The van der Waals surface area contributed by atoms with E-state index in [9.17, 15) is 24.3 Å². The number of β-lactam (4-membered cyclic amide) rings is 1. The second kappa shape index (κ2) is 7.52. The summed E-state index contributed by atoms with van der Waals surface area (Å²) in [6.45, 7) is 1.61. The number of aliphatic carboxylic acids is 1. The third-order valence-corrected chi connectivity index (χ3v) is 5.77. The maximum Gasteiger partial charge on any atom is 0.409 e. The van der Waals surface area contributed by atoms with E-state index in [-0.39, 0.29) is 5.76 Å². The van der Waals surface area contributed by atoms with Crippen molar-refractivity contribution < 1.29 is 29.0 Å². The fourth-order valence-electron chi connectivity index (χ4n) is 3.06. The molecule has 0 saturated carbocycles. The van der Waals surface area contributed by atoms with Crippen molar-refractivity contribution in [3.8, 4) is 0 Å². The average molecular weight is 406 g/mol. The van der Waals surface area contributed by atoms with Crippen molar-refractivity contribution in [2.24, 2.45) is 11.5 Å². The van der Waals surface area contributed by atoms with Gasteiger partial charge < -0.3 is 26.6 Å². The lowest BCUT2D eigenvalue weighted by Gasteiger charge is -2.50. The van der Waals surface area contributed by atoms with E-state index < -0.39 is 52.3 Å². The van der Waals surface area contributed by atoms with Gasteiger partial charge in [-0.15, -0.1) is 11.8 Å². The number of nitrogens with two attached hydrogens (primary N) is 2. The molecule has 4 atom stereocenters. The molecule has 6 N–H and O–H groups in total. The van der Waals surface area contributed by atoms with Crippen LogP contribution in [0.1, 0.15) is 18.5 Å². The lowest BCUT2D eigenvalue weighted by Crippen LogP contribution is -2.71. The highest BCUT2D eigenvalue weighted by Crippen LogP contribution is 2.44. The molecule has 2 aliphatic rings. The molecule has 2 heterocycles. The molecule has 3 rings (SSSR count). The van der Waals surface area contributed by atoms with Crippen molar-refractivity contribution in [1.29, 1.82) is 0 Å². The zero-order valence-corrected chi connectivity index (χ0v) is 15.5. The van der Waals surface area contributed by atoms with Gasteiger partial charge in [-0.05, 0) is 12.5 Å². The summed E-state index contributed by atoms with van der Waals surface area (Å²) in [7, 11) is 0. The Kier molecular flexibility index (Phi) is 5.29. The number of benzene rings is 1. The Balaban J connectivity index is 1.79. The van der Waals surface area contributed by atoms with Crippen LogP contribution in [-0.4, -0.2) is 50.5 Å². The summed E-state index contributed by atoms with van der Waals surface area (Å²) in [5.41, 5.74) is 11.1. The number of carboxylic acid groups (broad SMARTS) is 1. The molecule has 0 aliphatic carbocycles. The molecule has 0 radical (unpaired) electrons. The molecule has 0 bridgehead atoms. The number of hydrogen-bond donors (Lipinski definition) is 4. The number of ether oxygens (including phenoxy) is 1. The summed E-state index contributed by atoms with van der Waals surface area (Å²) in [6.07, 6.45) is -1.17. The Morgan fingerprint density at radius 1 is 1.29 bits per heavy atom. The summed E-state index contributed by atoms with van der Waals surface area (Å²) in [6, 6.07) is 6.72. The van der Waals surface area contributed by atoms with Crippen LogP contribution in [0.3, 0.4) is 0 Å². The van der Waals surface area contributed by atoms with Gasteiger partial charge in [0.05, 0.1) is 5.25 Å². The molecular formula is C17H18N4O6S. The summed E-state index contributed by atoms with van der Waals surface area (Å²) < 4.78 is 4.81. The van der Waals surface area contributed by atoms with E-state index in [1.54, 1.807) is 37.3 Å². The van der Waals surface area contributed by atoms with Gasteiger partial charge in [-0.25, -0.2) is 9.59 Å². The van der Waals surface area contributed by atoms with Crippen LogP contribution >= 0.6 is 11.8 Å². The van der Waals surface area contributed by atoms with E-state index in [0.717, 1.165) is 16.7 Å². The van der Waals surface area contributed by atoms with Crippen LogP contribution < -0.4 is 16.8 Å². The van der Waals surface area contributed by atoms with Crippen LogP contribution in [0.5, 0.6) is 0 Å². The summed E-state index contributed by atoms with van der Waals surface area (Å²) in [5.74, 6) is -2.84. The summed E-state index contributed by atoms with van der Waals surface area (Å²) in [4.78, 5) is 48.7. The van der Waals surface area contributed by atoms with Crippen molar-refractivity contribution >= 4 is 35.6 Å². The van der Waals surface area contributed by atoms with Crippen molar-refractivity contribution in [1.82, 2.24) is 10.2 Å². The normalized spacial score (nSPS) is 24.7. The van der Waals surface area contributed by atoms with Crippen LogP contribution in [0, 0.1) is 0 Å². The third kappa shape index (κ3) is 3.41. The minimum absolute atomic E-state index is 0.208. The maximum absolute atomic E-state index is 12.5. The van der Waals surface area contributed by atoms with Crippen molar-refractivity contribution in [3.63, 3.8) is 0 Å². The molecule has 3 amide bonds. The van der Waals surface area contributed by atoms with E-state index in [1.807, 2.05) is 0 Å². The van der Waals surface area contributed by atoms with E-state index in [4.69, 9.17) is 16.2 Å². The average Bonchev–Trinajstić information content (AvgIpc) is 2.66. The van der Waals surface area contributed by atoms with E-state index in [0.29, 0.717) is 5.56 Å². The minimum Gasteiger partial charge on any atom is -0.476 e. The Morgan fingerprint density at radius 2 is 1.93 bits per heavy atom. The quantitative estimate of drug-likeness (QED) is 0.491. The molecule has 11 heteroatoms.